The molecular formula is C19H21N5O2. The van der Waals surface area contributed by atoms with Crippen molar-refractivity contribution >= 4 is 0 Å². The quantitative estimate of drug-likeness (QED) is 0.753. The number of nitriles is 1. The first-order valence-corrected chi connectivity index (χ1v) is 8.23. The normalized spacial score (nSPS) is 9.77. The van der Waals surface area contributed by atoms with Gasteiger partial charge in [0.1, 0.15) is 11.4 Å². The van der Waals surface area contributed by atoms with Gasteiger partial charge in [0.15, 0.2) is 0 Å². The zero-order chi connectivity index (χ0) is 18.8. The van der Waals surface area contributed by atoms with E-state index >= 15 is 0 Å². The van der Waals surface area contributed by atoms with Crippen LogP contribution in [0.1, 0.15) is 18.9 Å². The van der Waals surface area contributed by atoms with E-state index in [9.17, 15) is 0 Å². The Morgan fingerprint density at radius 2 is 2.04 bits per heavy atom. The van der Waals surface area contributed by atoms with Gasteiger partial charge in [0, 0.05) is 11.8 Å². The maximum Gasteiger partial charge on any atom is 0.258 e. The molecule has 134 valence electrons. The van der Waals surface area contributed by atoms with Crippen LogP contribution in [-0.2, 0) is 0 Å². The molecule has 0 unspecified atom stereocenters. The Morgan fingerprint density at radius 1 is 1.23 bits per heavy atom. The Hall–Kier alpha value is -3.24. The number of ether oxygens (including phenoxy) is 1. The highest BCUT2D eigenvalue weighted by atomic mass is 16.5. The minimum absolute atomic E-state index is 0.323. The fraction of sp³-hybridized carbons (Fsp3) is 0.263. The third-order valence-corrected chi connectivity index (χ3v) is 3.08. The van der Waals surface area contributed by atoms with Crippen molar-refractivity contribution < 1.29 is 9.26 Å². The Balaban J connectivity index is 0.000000758. The van der Waals surface area contributed by atoms with E-state index in [0.29, 0.717) is 40.9 Å². The summed E-state index contributed by atoms with van der Waals surface area (Å²) >= 11 is 0. The van der Waals surface area contributed by atoms with Crippen molar-refractivity contribution in [3.63, 3.8) is 0 Å². The highest BCUT2D eigenvalue weighted by Gasteiger charge is 2.13. The minimum Gasteiger partial charge on any atom is -0.494 e. The molecule has 0 atom stereocenters. The van der Waals surface area contributed by atoms with Crippen molar-refractivity contribution in [3.05, 3.63) is 48.2 Å². The van der Waals surface area contributed by atoms with Crippen LogP contribution in [0, 0.1) is 11.3 Å². The molecule has 2 aromatic heterocycles. The first-order valence-electron chi connectivity index (χ1n) is 8.23. The lowest BCUT2D eigenvalue weighted by Crippen LogP contribution is -1.96. The second-order valence-electron chi connectivity index (χ2n) is 5.34. The van der Waals surface area contributed by atoms with E-state index in [4.69, 9.17) is 14.5 Å². The van der Waals surface area contributed by atoms with E-state index in [1.807, 2.05) is 33.2 Å². The third kappa shape index (κ3) is 5.13. The lowest BCUT2D eigenvalue weighted by Gasteiger charge is -2.06. The smallest absolute Gasteiger partial charge is 0.258 e. The number of hydrogen-bond donors (Lipinski definition) is 1. The number of hydrogen-bond acceptors (Lipinski definition) is 7. The molecule has 0 bridgehead atoms. The van der Waals surface area contributed by atoms with Gasteiger partial charge in [0.2, 0.25) is 5.82 Å². The molecular weight excluding hydrogens is 330 g/mol. The number of nitrogens with one attached hydrogen (secondary N) is 1. The average molecular weight is 351 g/mol. The number of pyridine rings is 1. The minimum atomic E-state index is 0.323. The SMILES string of the molecule is CCCOc1cc(C#N)cc(-c2nc(-c3ccccn3)no2)c1.CNC. The van der Waals surface area contributed by atoms with Gasteiger partial charge < -0.3 is 14.6 Å². The van der Waals surface area contributed by atoms with E-state index in [0.717, 1.165) is 6.42 Å². The summed E-state index contributed by atoms with van der Waals surface area (Å²) in [4.78, 5) is 8.53. The van der Waals surface area contributed by atoms with Gasteiger partial charge in [-0.25, -0.2) is 0 Å². The van der Waals surface area contributed by atoms with Gasteiger partial charge in [-0.15, -0.1) is 0 Å². The summed E-state index contributed by atoms with van der Waals surface area (Å²) in [6.45, 7) is 2.60. The largest absolute Gasteiger partial charge is 0.494 e. The Bertz CT molecular complexity index is 856. The number of benzene rings is 1. The number of rotatable bonds is 5. The Labute approximate surface area is 152 Å². The lowest BCUT2D eigenvalue weighted by atomic mass is 10.1. The molecule has 0 aliphatic carbocycles. The summed E-state index contributed by atoms with van der Waals surface area (Å²) in [7, 11) is 3.75. The van der Waals surface area contributed by atoms with Crippen molar-refractivity contribution in [3.8, 4) is 34.8 Å². The molecule has 0 radical (unpaired) electrons. The molecule has 0 saturated carbocycles. The van der Waals surface area contributed by atoms with Crippen molar-refractivity contribution in [1.82, 2.24) is 20.4 Å². The molecule has 0 saturated heterocycles. The van der Waals surface area contributed by atoms with Gasteiger partial charge in [-0.2, -0.15) is 10.2 Å². The molecule has 0 spiro atoms. The Kier molecular flexibility index (Phi) is 7.28. The number of aromatic nitrogens is 3. The average Bonchev–Trinajstić information content (AvgIpc) is 3.18. The topological polar surface area (TPSA) is 96.9 Å². The molecule has 3 aromatic rings. The van der Waals surface area contributed by atoms with Crippen LogP contribution in [0.2, 0.25) is 0 Å². The molecule has 2 heterocycles. The van der Waals surface area contributed by atoms with Crippen molar-refractivity contribution in [2.75, 3.05) is 20.7 Å². The summed E-state index contributed by atoms with van der Waals surface area (Å²) in [5.74, 6) is 1.33. The summed E-state index contributed by atoms with van der Waals surface area (Å²) in [5, 5.41) is 15.8. The molecule has 26 heavy (non-hydrogen) atoms. The maximum absolute atomic E-state index is 9.16. The fourth-order valence-electron chi connectivity index (χ4n) is 2.03. The molecule has 0 fully saturated rings. The van der Waals surface area contributed by atoms with Crippen molar-refractivity contribution in [2.45, 2.75) is 13.3 Å². The molecule has 7 nitrogen and oxygen atoms in total. The molecule has 0 aliphatic rings. The van der Waals surface area contributed by atoms with Crippen molar-refractivity contribution in [2.24, 2.45) is 0 Å². The molecule has 3 rings (SSSR count). The third-order valence-electron chi connectivity index (χ3n) is 3.08. The van der Waals surface area contributed by atoms with Crippen LogP contribution < -0.4 is 10.1 Å². The van der Waals surface area contributed by atoms with Crippen LogP contribution in [0.5, 0.6) is 5.75 Å². The van der Waals surface area contributed by atoms with Crippen LogP contribution in [0.25, 0.3) is 23.0 Å². The van der Waals surface area contributed by atoms with Crippen LogP contribution in [0.4, 0.5) is 0 Å². The van der Waals surface area contributed by atoms with E-state index in [1.165, 1.54) is 0 Å². The first-order chi connectivity index (χ1) is 12.7. The van der Waals surface area contributed by atoms with Crippen LogP contribution in [0.15, 0.2) is 47.1 Å². The van der Waals surface area contributed by atoms with E-state index in [-0.39, 0.29) is 0 Å². The molecule has 1 N–H and O–H groups in total. The zero-order valence-electron chi connectivity index (χ0n) is 15.1. The second-order valence-corrected chi connectivity index (χ2v) is 5.34. The standard InChI is InChI=1S/C17H14N4O2.C2H7N/c1-2-7-22-14-9-12(11-18)8-13(10-14)17-20-16(21-23-17)15-5-3-4-6-19-15;1-3-2/h3-6,8-10H,2,7H2,1H3;3H,1-2H3. The van der Waals surface area contributed by atoms with E-state index in [1.54, 1.807) is 30.5 Å². The van der Waals surface area contributed by atoms with E-state index in [2.05, 4.69) is 26.5 Å². The van der Waals surface area contributed by atoms with Crippen LogP contribution in [-0.4, -0.2) is 35.8 Å². The van der Waals surface area contributed by atoms with Gasteiger partial charge in [-0.05, 0) is 50.8 Å². The fourth-order valence-corrected chi connectivity index (χ4v) is 2.03. The monoisotopic (exact) mass is 351 g/mol. The van der Waals surface area contributed by atoms with E-state index < -0.39 is 0 Å². The molecule has 7 heteroatoms. The maximum atomic E-state index is 9.16. The van der Waals surface area contributed by atoms with Crippen molar-refractivity contribution in [1.29, 1.82) is 5.26 Å². The number of nitrogens with zero attached hydrogens (tertiary/aromatic N) is 4. The van der Waals surface area contributed by atoms with Gasteiger partial charge in [0.05, 0.1) is 18.2 Å². The van der Waals surface area contributed by atoms with Gasteiger partial charge in [0.25, 0.3) is 5.89 Å². The van der Waals surface area contributed by atoms with Crippen LogP contribution >= 0.6 is 0 Å². The van der Waals surface area contributed by atoms with Gasteiger partial charge in [-0.3, -0.25) is 4.98 Å². The molecule has 0 aliphatic heterocycles. The summed E-state index contributed by atoms with van der Waals surface area (Å²) in [6.07, 6.45) is 2.55. The zero-order valence-corrected chi connectivity index (χ0v) is 15.1. The highest BCUT2D eigenvalue weighted by molar-refractivity contribution is 5.61. The second kappa shape index (κ2) is 9.91. The summed E-state index contributed by atoms with van der Waals surface area (Å²) in [5.41, 5.74) is 1.75. The highest BCUT2D eigenvalue weighted by Crippen LogP contribution is 2.26. The predicted octanol–water partition coefficient (Wildman–Crippen LogP) is 3.29. The summed E-state index contributed by atoms with van der Waals surface area (Å²) < 4.78 is 10.9. The molecule has 0 amide bonds. The Morgan fingerprint density at radius 3 is 2.69 bits per heavy atom. The predicted molar refractivity (Wildman–Crippen MR) is 98.4 cm³/mol. The van der Waals surface area contributed by atoms with Crippen LogP contribution in [0.3, 0.4) is 0 Å². The lowest BCUT2D eigenvalue weighted by molar-refractivity contribution is 0.317. The van der Waals surface area contributed by atoms with Gasteiger partial charge in [-0.1, -0.05) is 18.1 Å². The van der Waals surface area contributed by atoms with Gasteiger partial charge >= 0.3 is 0 Å². The summed E-state index contributed by atoms with van der Waals surface area (Å²) in [6, 6.07) is 12.7. The molecule has 1 aromatic carbocycles. The first kappa shape index (κ1) is 19.1.